The molecule has 3 aromatic carbocycles. The highest BCUT2D eigenvalue weighted by molar-refractivity contribution is 6.30. The molecular weight excluding hydrogens is 842 g/mol. The number of carbonyl (C=O) groups excluding carboxylic acids is 4. The van der Waals surface area contributed by atoms with Gasteiger partial charge in [-0.25, -0.2) is 9.97 Å². The lowest BCUT2D eigenvalue weighted by molar-refractivity contribution is -0.136. The molecule has 65 heavy (non-hydrogen) atoms. The quantitative estimate of drug-likeness (QED) is 0.122. The van der Waals surface area contributed by atoms with Crippen molar-refractivity contribution >= 4 is 47.2 Å². The molecule has 1 N–H and O–H groups in total. The minimum Gasteiger partial charge on any atom is -0.487 e. The third-order valence-electron chi connectivity index (χ3n) is 14.0. The van der Waals surface area contributed by atoms with E-state index >= 15 is 0 Å². The third kappa shape index (κ3) is 10.5. The first-order chi connectivity index (χ1) is 31.4. The van der Waals surface area contributed by atoms with Crippen molar-refractivity contribution in [3.63, 3.8) is 0 Å². The molecule has 4 aliphatic rings. The van der Waals surface area contributed by atoms with Crippen LogP contribution < -0.4 is 19.9 Å². The number of hydrogen-bond acceptors (Lipinski definition) is 12. The highest BCUT2D eigenvalue weighted by Gasteiger charge is 2.36. The maximum absolute atomic E-state index is 13.9. The molecule has 5 heterocycles. The Balaban J connectivity index is 0.771. The zero-order chi connectivity index (χ0) is 45.7. The Morgan fingerprint density at radius 2 is 1.66 bits per heavy atom. The van der Waals surface area contributed by atoms with Gasteiger partial charge < -0.3 is 24.3 Å². The number of carbonyl (C=O) groups is 4. The van der Waals surface area contributed by atoms with Gasteiger partial charge in [0.05, 0.1) is 28.6 Å². The summed E-state index contributed by atoms with van der Waals surface area (Å²) in [6, 6.07) is 22.7. The second kappa shape index (κ2) is 20.1. The normalized spacial score (nSPS) is 19.4. The molecule has 1 aromatic heterocycles. The summed E-state index contributed by atoms with van der Waals surface area (Å²) < 4.78 is 6.16. The van der Waals surface area contributed by atoms with E-state index < -0.39 is 17.9 Å². The van der Waals surface area contributed by atoms with Gasteiger partial charge in [0.25, 0.3) is 5.91 Å². The van der Waals surface area contributed by atoms with Crippen LogP contribution >= 0.6 is 11.6 Å². The number of nitrogens with one attached hydrogen (secondary N) is 1. The number of amides is 3. The van der Waals surface area contributed by atoms with E-state index in [2.05, 4.69) is 61.9 Å². The second-order valence-corrected chi connectivity index (χ2v) is 18.8. The van der Waals surface area contributed by atoms with E-state index in [-0.39, 0.29) is 24.2 Å². The molecule has 0 aliphatic carbocycles. The van der Waals surface area contributed by atoms with E-state index in [4.69, 9.17) is 21.3 Å². The van der Waals surface area contributed by atoms with Gasteiger partial charge >= 0.3 is 0 Å². The number of aromatic nitrogens is 2. The van der Waals surface area contributed by atoms with Crippen LogP contribution in [0.3, 0.4) is 0 Å². The molecule has 3 amide bonds. The number of halogens is 1. The molecule has 14 nitrogen and oxygen atoms in total. The molecule has 0 saturated carbocycles. The number of ether oxygens (including phenoxy) is 1. The van der Waals surface area contributed by atoms with Crippen molar-refractivity contribution in [3.05, 3.63) is 111 Å². The predicted molar refractivity (Wildman–Crippen MR) is 249 cm³/mol. The van der Waals surface area contributed by atoms with Gasteiger partial charge in [-0.15, -0.1) is 0 Å². The van der Waals surface area contributed by atoms with Crippen LogP contribution in [0.15, 0.2) is 72.9 Å². The highest BCUT2D eigenvalue weighted by atomic mass is 35.5. The van der Waals surface area contributed by atoms with E-state index in [0.717, 1.165) is 100 Å². The number of aldehydes is 1. The fourth-order valence-corrected chi connectivity index (χ4v) is 10.1. The van der Waals surface area contributed by atoms with Crippen molar-refractivity contribution in [2.45, 2.75) is 76.5 Å². The van der Waals surface area contributed by atoms with Gasteiger partial charge in [0.2, 0.25) is 17.8 Å². The first-order valence-electron chi connectivity index (χ1n) is 22.8. The smallest absolute Gasteiger partial charge is 0.257 e. The standard InChI is InChI=1S/C50H58ClN9O5/c1-50(2,38-27-35(30-52)28-39(51)29-38)37-7-9-42(10-8-37)65-33-40-13-18-53-49(54-40)60-21-16-41(17-22-60)58-19-14-34(15-20-58)31-57-23-25-59(26-24-57)43-6-4-5-36(32-61)46(43)48(64)56(3)44-11-12-45(62)55-47(44)63/h4-10,13,18,27-29,32,34,41,44H,11-12,14-17,19-26,31,33H2,1-3H3,(H,55,62,63). The van der Waals surface area contributed by atoms with Crippen LogP contribution in [0.25, 0.3) is 0 Å². The number of piperidine rings is 3. The van der Waals surface area contributed by atoms with E-state index in [1.807, 2.05) is 42.6 Å². The third-order valence-corrected chi connectivity index (χ3v) is 14.2. The number of benzene rings is 3. The molecule has 4 saturated heterocycles. The Bertz CT molecular complexity index is 2420. The van der Waals surface area contributed by atoms with Gasteiger partial charge in [0, 0.05) is 87.5 Å². The van der Waals surface area contributed by atoms with Gasteiger partial charge in [-0.2, -0.15) is 5.26 Å². The lowest BCUT2D eigenvalue weighted by Crippen LogP contribution is -2.53. The number of nitrogens with zero attached hydrogens (tertiary/aromatic N) is 8. The van der Waals surface area contributed by atoms with Crippen molar-refractivity contribution in [2.24, 2.45) is 5.92 Å². The fraction of sp³-hybridized carbons (Fsp3) is 0.460. The summed E-state index contributed by atoms with van der Waals surface area (Å²) in [6.45, 7) is 12.8. The number of nitriles is 1. The number of piperazine rings is 1. The SMILES string of the molecule is CN(C(=O)c1c(C=O)cccc1N1CCN(CC2CCN(C3CCN(c4nccc(COc5ccc(C(C)(C)c6cc(Cl)cc(C#N)c6)cc5)n4)CC3)CC2)CC1)C1CCC(=O)NC1=O. The van der Waals surface area contributed by atoms with E-state index in [0.29, 0.717) is 52.3 Å². The number of likely N-dealkylation sites (tertiary alicyclic amines) is 1. The van der Waals surface area contributed by atoms with Gasteiger partial charge in [0.1, 0.15) is 18.4 Å². The lowest BCUT2D eigenvalue weighted by Gasteiger charge is -2.43. The summed E-state index contributed by atoms with van der Waals surface area (Å²) in [5, 5.41) is 12.3. The molecule has 8 rings (SSSR count). The molecule has 0 spiro atoms. The molecule has 4 aromatic rings. The summed E-state index contributed by atoms with van der Waals surface area (Å²) in [4.78, 5) is 70.9. The minimum absolute atomic E-state index is 0.167. The molecule has 4 aliphatic heterocycles. The number of hydrogen-bond donors (Lipinski definition) is 1. The lowest BCUT2D eigenvalue weighted by atomic mass is 9.78. The Morgan fingerprint density at radius 1 is 0.923 bits per heavy atom. The first kappa shape index (κ1) is 45.7. The maximum Gasteiger partial charge on any atom is 0.257 e. The Labute approximate surface area is 386 Å². The number of rotatable bonds is 13. The Hall–Kier alpha value is -5.88. The molecule has 15 heteroatoms. The second-order valence-electron chi connectivity index (χ2n) is 18.4. The number of anilines is 2. The molecule has 0 bridgehead atoms. The molecule has 340 valence electrons. The highest BCUT2D eigenvalue weighted by Crippen LogP contribution is 2.35. The van der Waals surface area contributed by atoms with E-state index in [1.54, 1.807) is 25.2 Å². The van der Waals surface area contributed by atoms with Crippen molar-refractivity contribution in [1.29, 1.82) is 5.26 Å². The monoisotopic (exact) mass is 899 g/mol. The first-order valence-corrected chi connectivity index (χ1v) is 23.2. The van der Waals surface area contributed by atoms with Crippen molar-refractivity contribution in [2.75, 3.05) is 75.8 Å². The predicted octanol–water partition coefficient (Wildman–Crippen LogP) is 6.10. The van der Waals surface area contributed by atoms with Crippen LogP contribution in [0.5, 0.6) is 5.75 Å². The van der Waals surface area contributed by atoms with E-state index in [9.17, 15) is 24.4 Å². The average molecular weight is 901 g/mol. The van der Waals surface area contributed by atoms with Gasteiger partial charge in [0.15, 0.2) is 6.29 Å². The summed E-state index contributed by atoms with van der Waals surface area (Å²) in [5.74, 6) is 0.908. The van der Waals surface area contributed by atoms with Gasteiger partial charge in [-0.1, -0.05) is 49.7 Å². The summed E-state index contributed by atoms with van der Waals surface area (Å²) in [5.41, 5.74) is 4.39. The summed E-state index contributed by atoms with van der Waals surface area (Å²) in [7, 11) is 1.56. The van der Waals surface area contributed by atoms with Gasteiger partial charge in [-0.3, -0.25) is 29.4 Å². The molecule has 1 unspecified atom stereocenters. The van der Waals surface area contributed by atoms with Crippen molar-refractivity contribution < 1.29 is 23.9 Å². The Kier molecular flexibility index (Phi) is 14.1. The summed E-state index contributed by atoms with van der Waals surface area (Å²) >= 11 is 6.32. The fourth-order valence-electron chi connectivity index (χ4n) is 9.91. The molecular formula is C50H58ClN9O5. The number of imide groups is 1. The van der Waals surface area contributed by atoms with Crippen LogP contribution in [0.1, 0.15) is 95.5 Å². The molecule has 1 atom stereocenters. The van der Waals surface area contributed by atoms with Crippen LogP contribution in [0.2, 0.25) is 5.02 Å². The van der Waals surface area contributed by atoms with Crippen LogP contribution in [-0.2, 0) is 21.6 Å². The zero-order valence-corrected chi connectivity index (χ0v) is 38.3. The van der Waals surface area contributed by atoms with Crippen LogP contribution in [0, 0.1) is 17.2 Å². The molecule has 4 fully saturated rings. The van der Waals surface area contributed by atoms with Crippen LogP contribution in [-0.4, -0.2) is 127 Å². The largest absolute Gasteiger partial charge is 0.487 e. The minimum atomic E-state index is -0.769. The maximum atomic E-state index is 13.9. The van der Waals surface area contributed by atoms with E-state index in [1.165, 1.54) is 17.7 Å². The number of likely N-dealkylation sites (N-methyl/N-ethyl adjacent to an activating group) is 1. The van der Waals surface area contributed by atoms with Gasteiger partial charge in [-0.05, 0) is 105 Å². The van der Waals surface area contributed by atoms with Crippen molar-refractivity contribution in [3.8, 4) is 11.8 Å². The topological polar surface area (TPSA) is 155 Å². The van der Waals surface area contributed by atoms with Crippen molar-refractivity contribution in [1.82, 2.24) is 30.0 Å². The summed E-state index contributed by atoms with van der Waals surface area (Å²) in [6.07, 6.45) is 7.43. The zero-order valence-electron chi connectivity index (χ0n) is 37.5. The molecule has 0 radical (unpaired) electrons. The average Bonchev–Trinajstić information content (AvgIpc) is 3.33. The van der Waals surface area contributed by atoms with Crippen LogP contribution in [0.4, 0.5) is 11.6 Å². The Morgan fingerprint density at radius 3 is 2.35 bits per heavy atom.